The molecule has 4 N–H and O–H groups in total. The van der Waals surface area contributed by atoms with Crippen molar-refractivity contribution in [1.82, 2.24) is 10.6 Å². The minimum absolute atomic E-state index is 0.0728. The van der Waals surface area contributed by atoms with Crippen LogP contribution in [0.5, 0.6) is 0 Å². The molecular formula is C31H38N4O5. The highest BCUT2D eigenvalue weighted by Crippen LogP contribution is 2.36. The van der Waals surface area contributed by atoms with E-state index in [0.29, 0.717) is 25.9 Å². The van der Waals surface area contributed by atoms with Gasteiger partial charge in [-0.25, -0.2) is 4.79 Å². The molecule has 2 saturated heterocycles. The van der Waals surface area contributed by atoms with Gasteiger partial charge in [0.05, 0.1) is 11.8 Å². The smallest absolute Gasteiger partial charge is 0.328 e. The van der Waals surface area contributed by atoms with Gasteiger partial charge in [0.2, 0.25) is 0 Å². The number of nitrogens with zero attached hydrogens (tertiary/aromatic N) is 2. The summed E-state index contributed by atoms with van der Waals surface area (Å²) in [6, 6.07) is 12.1. The van der Waals surface area contributed by atoms with Crippen LogP contribution in [0.3, 0.4) is 0 Å². The Balaban J connectivity index is 1.20. The molecule has 0 spiro atoms. The number of hydrogen-bond donors (Lipinski definition) is 4. The zero-order chi connectivity index (χ0) is 27.8. The number of aliphatic carboxylic acids is 2. The van der Waals surface area contributed by atoms with Crippen molar-refractivity contribution in [2.45, 2.75) is 38.5 Å². The number of rotatable bonds is 8. The lowest BCUT2D eigenvalue weighted by atomic mass is 9.86. The van der Waals surface area contributed by atoms with Gasteiger partial charge in [-0.3, -0.25) is 19.4 Å². The molecule has 4 aliphatic heterocycles. The molecule has 0 radical (unpaired) electrons. The normalized spacial score (nSPS) is 23.2. The SMILES string of the molecule is O=C(O)[C@@H](Cc1ccc2c(c1)N(C(=O)N1CCc3ccc(C[C@@H](C(=O)O)[C@@H]4CCNC4)cc31)CC2)[C@H]1CCNC1. The molecule has 4 aliphatic rings. The highest BCUT2D eigenvalue weighted by atomic mass is 16.4. The van der Waals surface area contributed by atoms with Gasteiger partial charge >= 0.3 is 18.0 Å². The number of fused-ring (bicyclic) bond motifs is 2. The second kappa shape index (κ2) is 11.2. The fourth-order valence-electron chi connectivity index (χ4n) is 7.11. The summed E-state index contributed by atoms with van der Waals surface area (Å²) in [5.41, 5.74) is 5.86. The second-order valence-corrected chi connectivity index (χ2v) is 11.8. The van der Waals surface area contributed by atoms with Gasteiger partial charge in [0.25, 0.3) is 0 Å². The van der Waals surface area contributed by atoms with Gasteiger partial charge in [0.1, 0.15) is 0 Å². The molecule has 0 aromatic heterocycles. The van der Waals surface area contributed by atoms with Crippen LogP contribution in [0.2, 0.25) is 0 Å². The number of nitrogens with one attached hydrogen (secondary N) is 2. The number of amides is 2. The average molecular weight is 547 g/mol. The van der Waals surface area contributed by atoms with Crippen LogP contribution < -0.4 is 20.4 Å². The van der Waals surface area contributed by atoms with E-state index >= 15 is 0 Å². The van der Waals surface area contributed by atoms with Crippen molar-refractivity contribution >= 4 is 29.3 Å². The molecule has 0 aliphatic carbocycles. The van der Waals surface area contributed by atoms with Gasteiger partial charge in [-0.1, -0.05) is 24.3 Å². The summed E-state index contributed by atoms with van der Waals surface area (Å²) in [5, 5.41) is 26.4. The van der Waals surface area contributed by atoms with E-state index in [4.69, 9.17) is 0 Å². The van der Waals surface area contributed by atoms with E-state index < -0.39 is 23.8 Å². The topological polar surface area (TPSA) is 122 Å². The van der Waals surface area contributed by atoms with E-state index in [0.717, 1.165) is 85.5 Å². The fraction of sp³-hybridized carbons (Fsp3) is 0.516. The minimum atomic E-state index is -0.763. The number of benzene rings is 2. The molecule has 2 amide bonds. The summed E-state index contributed by atoms with van der Waals surface area (Å²) in [5.74, 6) is -2.19. The highest BCUT2D eigenvalue weighted by molar-refractivity contribution is 6.06. The molecule has 212 valence electrons. The zero-order valence-electron chi connectivity index (χ0n) is 22.8. The van der Waals surface area contributed by atoms with E-state index in [2.05, 4.69) is 10.6 Å². The molecule has 2 fully saturated rings. The third-order valence-corrected chi connectivity index (χ3v) is 9.43. The number of urea groups is 1. The average Bonchev–Trinajstić information content (AvgIpc) is 3.76. The summed E-state index contributed by atoms with van der Waals surface area (Å²) >= 11 is 0. The molecule has 6 rings (SSSR count). The first-order valence-electron chi connectivity index (χ1n) is 14.6. The maximum atomic E-state index is 13.9. The quantitative estimate of drug-likeness (QED) is 0.402. The molecule has 0 bridgehead atoms. The molecule has 4 heterocycles. The summed E-state index contributed by atoms with van der Waals surface area (Å²) in [6.07, 6.45) is 4.18. The number of carboxylic acids is 2. The Morgan fingerprint density at radius 1 is 0.750 bits per heavy atom. The van der Waals surface area contributed by atoms with Crippen molar-refractivity contribution in [2.24, 2.45) is 23.7 Å². The van der Waals surface area contributed by atoms with Crippen molar-refractivity contribution in [1.29, 1.82) is 0 Å². The Kier molecular flexibility index (Phi) is 7.51. The molecular weight excluding hydrogens is 508 g/mol. The third kappa shape index (κ3) is 5.20. The van der Waals surface area contributed by atoms with Crippen molar-refractivity contribution in [3.63, 3.8) is 0 Å². The van der Waals surface area contributed by atoms with Crippen molar-refractivity contribution in [3.8, 4) is 0 Å². The number of carbonyl (C=O) groups excluding carboxylic acids is 1. The minimum Gasteiger partial charge on any atom is -0.481 e. The van der Waals surface area contributed by atoms with Crippen LogP contribution >= 0.6 is 0 Å². The Labute approximate surface area is 234 Å². The molecule has 4 atom stereocenters. The monoisotopic (exact) mass is 546 g/mol. The van der Waals surface area contributed by atoms with Gasteiger partial charge in [-0.2, -0.15) is 0 Å². The first kappa shape index (κ1) is 26.8. The van der Waals surface area contributed by atoms with Crippen molar-refractivity contribution in [3.05, 3.63) is 58.7 Å². The summed E-state index contributed by atoms with van der Waals surface area (Å²) in [7, 11) is 0. The van der Waals surface area contributed by atoms with Gasteiger partial charge < -0.3 is 20.8 Å². The van der Waals surface area contributed by atoms with Crippen molar-refractivity contribution in [2.75, 3.05) is 49.1 Å². The maximum Gasteiger partial charge on any atom is 0.328 e. The lowest BCUT2D eigenvalue weighted by molar-refractivity contribution is -0.144. The summed E-state index contributed by atoms with van der Waals surface area (Å²) in [6.45, 7) is 4.35. The molecule has 40 heavy (non-hydrogen) atoms. The van der Waals surface area contributed by atoms with Crippen LogP contribution in [0.25, 0.3) is 0 Å². The summed E-state index contributed by atoms with van der Waals surface area (Å²) < 4.78 is 0. The molecule has 0 saturated carbocycles. The first-order chi connectivity index (χ1) is 19.4. The molecule has 2 aromatic rings. The molecule has 2 aromatic carbocycles. The lowest BCUT2D eigenvalue weighted by Gasteiger charge is -2.26. The van der Waals surface area contributed by atoms with E-state index in [1.807, 2.05) is 46.2 Å². The van der Waals surface area contributed by atoms with E-state index in [9.17, 15) is 24.6 Å². The number of hydrogen-bond acceptors (Lipinski definition) is 5. The largest absolute Gasteiger partial charge is 0.481 e. The Morgan fingerprint density at radius 3 is 1.57 bits per heavy atom. The summed E-state index contributed by atoms with van der Waals surface area (Å²) in [4.78, 5) is 41.7. The Hall–Kier alpha value is -3.43. The fourth-order valence-corrected chi connectivity index (χ4v) is 7.11. The predicted molar refractivity (Wildman–Crippen MR) is 152 cm³/mol. The number of carbonyl (C=O) groups is 3. The van der Waals surface area contributed by atoms with Crippen LogP contribution in [-0.4, -0.2) is 67.5 Å². The van der Waals surface area contributed by atoms with Crippen LogP contribution in [0.15, 0.2) is 36.4 Å². The standard InChI is InChI=1S/C31H38N4O5/c36-29(37)25(23-5-9-32-17-23)13-19-1-3-21-7-11-34(27(21)15-19)31(40)35-12-8-22-4-2-20(16-28(22)35)14-26(30(38)39)24-6-10-33-18-24/h1-4,15-16,23-26,32-33H,5-14,17-18H2,(H,36,37)(H,38,39)/t23-,24+,25-,26+. The zero-order valence-corrected chi connectivity index (χ0v) is 22.8. The lowest BCUT2D eigenvalue weighted by Crippen LogP contribution is -2.42. The highest BCUT2D eigenvalue weighted by Gasteiger charge is 2.35. The number of carboxylic acid groups (broad SMARTS) is 2. The predicted octanol–water partition coefficient (Wildman–Crippen LogP) is 2.94. The van der Waals surface area contributed by atoms with Crippen molar-refractivity contribution < 1.29 is 24.6 Å². The molecule has 9 heteroatoms. The molecule has 9 nitrogen and oxygen atoms in total. The Bertz CT molecular complexity index is 1200. The van der Waals surface area contributed by atoms with Crippen LogP contribution in [-0.2, 0) is 35.3 Å². The second-order valence-electron chi connectivity index (χ2n) is 11.8. The van der Waals surface area contributed by atoms with Crippen LogP contribution in [0, 0.1) is 23.7 Å². The van der Waals surface area contributed by atoms with E-state index in [1.54, 1.807) is 0 Å². The van der Waals surface area contributed by atoms with Gasteiger partial charge in [0, 0.05) is 24.5 Å². The maximum absolute atomic E-state index is 13.9. The Morgan fingerprint density at radius 2 is 1.20 bits per heavy atom. The van der Waals surface area contributed by atoms with Crippen LogP contribution in [0.1, 0.15) is 35.1 Å². The number of anilines is 2. The van der Waals surface area contributed by atoms with E-state index in [-0.39, 0.29) is 17.9 Å². The molecule has 0 unspecified atom stereocenters. The van der Waals surface area contributed by atoms with Gasteiger partial charge in [-0.05, 0) is 111 Å². The van der Waals surface area contributed by atoms with E-state index in [1.165, 1.54) is 0 Å². The van der Waals surface area contributed by atoms with Crippen LogP contribution in [0.4, 0.5) is 16.2 Å². The first-order valence-corrected chi connectivity index (χ1v) is 14.6. The van der Waals surface area contributed by atoms with Gasteiger partial charge in [-0.15, -0.1) is 0 Å². The van der Waals surface area contributed by atoms with Gasteiger partial charge in [0.15, 0.2) is 0 Å². The third-order valence-electron chi connectivity index (χ3n) is 9.43.